The van der Waals surface area contributed by atoms with Crippen LogP contribution in [0.25, 0.3) is 0 Å². The van der Waals surface area contributed by atoms with Crippen molar-refractivity contribution < 1.29 is 0 Å². The van der Waals surface area contributed by atoms with Crippen LogP contribution in [0.1, 0.15) is 31.4 Å². The van der Waals surface area contributed by atoms with Gasteiger partial charge in [-0.15, -0.1) is 0 Å². The van der Waals surface area contributed by atoms with Crippen LogP contribution in [0.2, 0.25) is 0 Å². The first kappa shape index (κ1) is 15.3. The summed E-state index contributed by atoms with van der Waals surface area (Å²) in [5.41, 5.74) is 2.52. The molecule has 19 heavy (non-hydrogen) atoms. The van der Waals surface area contributed by atoms with Gasteiger partial charge < -0.3 is 10.6 Å². The van der Waals surface area contributed by atoms with E-state index in [0.717, 1.165) is 25.5 Å². The van der Waals surface area contributed by atoms with E-state index in [0.29, 0.717) is 6.54 Å². The van der Waals surface area contributed by atoms with Crippen molar-refractivity contribution >= 4 is 5.96 Å². The van der Waals surface area contributed by atoms with Gasteiger partial charge in [0, 0.05) is 13.1 Å². The molecule has 3 heteroatoms. The van der Waals surface area contributed by atoms with Crippen molar-refractivity contribution in [3.05, 3.63) is 47.5 Å². The zero-order valence-electron chi connectivity index (χ0n) is 12.2. The van der Waals surface area contributed by atoms with Gasteiger partial charge in [0.1, 0.15) is 0 Å². The molecule has 0 bridgehead atoms. The quantitative estimate of drug-likeness (QED) is 0.356. The Labute approximate surface area is 116 Å². The van der Waals surface area contributed by atoms with E-state index in [1.807, 2.05) is 6.92 Å². The Morgan fingerprint density at radius 2 is 2.16 bits per heavy atom. The predicted octanol–water partition coefficient (Wildman–Crippen LogP) is 3.02. The average molecular weight is 259 g/mol. The molecule has 0 aromatic heterocycles. The molecule has 0 fully saturated rings. The molecule has 0 aliphatic carbocycles. The molecule has 1 rings (SSSR count). The lowest BCUT2D eigenvalue weighted by Crippen LogP contribution is -2.37. The van der Waals surface area contributed by atoms with Crippen LogP contribution >= 0.6 is 0 Å². The van der Waals surface area contributed by atoms with Gasteiger partial charge in [-0.1, -0.05) is 42.0 Å². The first-order valence-electron chi connectivity index (χ1n) is 6.95. The Balaban J connectivity index is 2.52. The molecule has 0 atom stereocenters. The topological polar surface area (TPSA) is 36.4 Å². The number of hydrogen-bond donors (Lipinski definition) is 2. The molecule has 0 heterocycles. The van der Waals surface area contributed by atoms with Crippen molar-refractivity contribution in [2.75, 3.05) is 13.1 Å². The van der Waals surface area contributed by atoms with Crippen molar-refractivity contribution in [1.29, 1.82) is 0 Å². The molecule has 0 saturated heterocycles. The maximum absolute atomic E-state index is 4.59. The Bertz CT molecular complexity index is 422. The summed E-state index contributed by atoms with van der Waals surface area (Å²) < 4.78 is 0. The zero-order valence-corrected chi connectivity index (χ0v) is 12.2. The lowest BCUT2D eigenvalue weighted by molar-refractivity contribution is 0.810. The number of aliphatic imine (C=N–C) groups is 1. The summed E-state index contributed by atoms with van der Waals surface area (Å²) in [5.74, 6) is 0.883. The van der Waals surface area contributed by atoms with Crippen molar-refractivity contribution in [2.45, 2.75) is 33.7 Å². The van der Waals surface area contributed by atoms with Crippen LogP contribution in [0.15, 0.2) is 41.4 Å². The van der Waals surface area contributed by atoms with Crippen molar-refractivity contribution in [3.63, 3.8) is 0 Å². The average Bonchev–Trinajstić information content (AvgIpc) is 2.41. The number of nitrogens with zero attached hydrogens (tertiary/aromatic N) is 1. The van der Waals surface area contributed by atoms with E-state index in [2.05, 4.69) is 65.9 Å². The van der Waals surface area contributed by atoms with Crippen LogP contribution in [0.5, 0.6) is 0 Å². The van der Waals surface area contributed by atoms with E-state index in [1.54, 1.807) is 0 Å². The van der Waals surface area contributed by atoms with Gasteiger partial charge in [0.2, 0.25) is 0 Å². The standard InChI is InChI=1S/C16H25N3/c1-4-6-7-11-18-16(17-5-2)19-13-15-10-8-9-14(3)12-15/h4,6,8-10,12H,5,7,11,13H2,1-3H3,(H2,17,18,19)/b6-4+. The van der Waals surface area contributed by atoms with Crippen LogP contribution in [0, 0.1) is 6.92 Å². The molecule has 3 nitrogen and oxygen atoms in total. The van der Waals surface area contributed by atoms with E-state index in [-0.39, 0.29) is 0 Å². The van der Waals surface area contributed by atoms with E-state index in [4.69, 9.17) is 0 Å². The van der Waals surface area contributed by atoms with Gasteiger partial charge >= 0.3 is 0 Å². The normalized spacial score (nSPS) is 11.8. The van der Waals surface area contributed by atoms with Crippen LogP contribution in [0.3, 0.4) is 0 Å². The molecule has 0 unspecified atom stereocenters. The maximum Gasteiger partial charge on any atom is 0.191 e. The maximum atomic E-state index is 4.59. The number of allylic oxidation sites excluding steroid dienone is 1. The second-order valence-corrected chi connectivity index (χ2v) is 4.47. The van der Waals surface area contributed by atoms with Gasteiger partial charge in [0.05, 0.1) is 6.54 Å². The largest absolute Gasteiger partial charge is 0.357 e. The summed E-state index contributed by atoms with van der Waals surface area (Å²) in [4.78, 5) is 4.59. The summed E-state index contributed by atoms with van der Waals surface area (Å²) in [6.45, 7) is 8.72. The van der Waals surface area contributed by atoms with Crippen molar-refractivity contribution in [2.24, 2.45) is 4.99 Å². The number of rotatable bonds is 6. The first-order valence-corrected chi connectivity index (χ1v) is 6.95. The Morgan fingerprint density at radius 3 is 2.84 bits per heavy atom. The van der Waals surface area contributed by atoms with Gasteiger partial charge in [-0.2, -0.15) is 0 Å². The molecule has 0 aliphatic heterocycles. The van der Waals surface area contributed by atoms with E-state index >= 15 is 0 Å². The molecule has 0 aliphatic rings. The van der Waals surface area contributed by atoms with Gasteiger partial charge in [0.25, 0.3) is 0 Å². The molecule has 2 N–H and O–H groups in total. The third-order valence-corrected chi connectivity index (χ3v) is 2.69. The second kappa shape index (κ2) is 9.20. The molecule has 104 valence electrons. The Hall–Kier alpha value is -1.77. The van der Waals surface area contributed by atoms with Crippen LogP contribution < -0.4 is 10.6 Å². The van der Waals surface area contributed by atoms with Crippen LogP contribution in [0.4, 0.5) is 0 Å². The summed E-state index contributed by atoms with van der Waals surface area (Å²) in [6, 6.07) is 8.47. The third-order valence-electron chi connectivity index (χ3n) is 2.69. The highest BCUT2D eigenvalue weighted by atomic mass is 15.2. The van der Waals surface area contributed by atoms with Crippen molar-refractivity contribution in [3.8, 4) is 0 Å². The summed E-state index contributed by atoms with van der Waals surface area (Å²) in [7, 11) is 0. The molecule has 0 spiro atoms. The van der Waals surface area contributed by atoms with Crippen LogP contribution in [-0.4, -0.2) is 19.0 Å². The molecule has 0 radical (unpaired) electrons. The molecule has 0 amide bonds. The number of aryl methyl sites for hydroxylation is 1. The fourth-order valence-electron chi connectivity index (χ4n) is 1.76. The molecule has 1 aromatic carbocycles. The fourth-order valence-corrected chi connectivity index (χ4v) is 1.76. The van der Waals surface area contributed by atoms with Crippen LogP contribution in [-0.2, 0) is 6.54 Å². The summed E-state index contributed by atoms with van der Waals surface area (Å²) >= 11 is 0. The van der Waals surface area contributed by atoms with Gasteiger partial charge in [-0.25, -0.2) is 4.99 Å². The van der Waals surface area contributed by atoms with E-state index in [9.17, 15) is 0 Å². The van der Waals surface area contributed by atoms with E-state index < -0.39 is 0 Å². The lowest BCUT2D eigenvalue weighted by atomic mass is 10.1. The predicted molar refractivity (Wildman–Crippen MR) is 83.4 cm³/mol. The highest BCUT2D eigenvalue weighted by molar-refractivity contribution is 5.79. The fraction of sp³-hybridized carbons (Fsp3) is 0.438. The second-order valence-electron chi connectivity index (χ2n) is 4.47. The summed E-state index contributed by atoms with van der Waals surface area (Å²) in [5, 5.41) is 6.59. The number of benzene rings is 1. The highest BCUT2D eigenvalue weighted by Gasteiger charge is 1.96. The Kier molecular flexibility index (Phi) is 7.40. The molecule has 1 aromatic rings. The number of nitrogens with one attached hydrogen (secondary N) is 2. The minimum absolute atomic E-state index is 0.709. The SMILES string of the molecule is C/C=C/CCNC(=NCc1cccc(C)c1)NCC. The van der Waals surface area contributed by atoms with E-state index in [1.165, 1.54) is 11.1 Å². The lowest BCUT2D eigenvalue weighted by Gasteiger charge is -2.10. The first-order chi connectivity index (χ1) is 9.26. The summed E-state index contributed by atoms with van der Waals surface area (Å²) in [6.07, 6.45) is 5.24. The minimum Gasteiger partial charge on any atom is -0.357 e. The highest BCUT2D eigenvalue weighted by Crippen LogP contribution is 2.04. The monoisotopic (exact) mass is 259 g/mol. The number of hydrogen-bond acceptors (Lipinski definition) is 1. The van der Waals surface area contributed by atoms with Gasteiger partial charge in [-0.05, 0) is 32.8 Å². The van der Waals surface area contributed by atoms with Crippen molar-refractivity contribution in [1.82, 2.24) is 10.6 Å². The molecular formula is C16H25N3. The molecular weight excluding hydrogens is 234 g/mol. The smallest absolute Gasteiger partial charge is 0.191 e. The molecule has 0 saturated carbocycles. The van der Waals surface area contributed by atoms with Gasteiger partial charge in [-0.3, -0.25) is 0 Å². The van der Waals surface area contributed by atoms with Gasteiger partial charge in [0.15, 0.2) is 5.96 Å². The minimum atomic E-state index is 0.709. The Morgan fingerprint density at radius 1 is 1.32 bits per heavy atom. The number of guanidine groups is 1. The third kappa shape index (κ3) is 6.65. The zero-order chi connectivity index (χ0) is 13.9.